The van der Waals surface area contributed by atoms with Gasteiger partial charge in [-0.3, -0.25) is 4.99 Å². The predicted octanol–water partition coefficient (Wildman–Crippen LogP) is 8.50. The molecule has 2 N–H and O–H groups in total. The number of aromatic amines is 1. The lowest BCUT2D eigenvalue weighted by Gasteiger charge is -2.15. The number of hydrogen-bond acceptors (Lipinski definition) is 2. The quantitative estimate of drug-likeness (QED) is 0.220. The first kappa shape index (κ1) is 25.9. The molecule has 3 aromatic rings. The molecule has 3 rings (SSSR count). The van der Waals surface area contributed by atoms with Gasteiger partial charge in [-0.25, -0.2) is 0 Å². The van der Waals surface area contributed by atoms with Crippen LogP contribution in [0.15, 0.2) is 11.1 Å². The second kappa shape index (κ2) is 10.3. The molecule has 158 valence electrons. The average molecular weight is 618 g/mol. The van der Waals surface area contributed by atoms with Gasteiger partial charge in [-0.2, -0.15) is 0 Å². The van der Waals surface area contributed by atoms with Gasteiger partial charge >= 0.3 is 0 Å². The van der Waals surface area contributed by atoms with E-state index in [1.54, 1.807) is 6.21 Å². The molecule has 0 bridgehead atoms. The van der Waals surface area contributed by atoms with Crippen LogP contribution in [0.2, 0.25) is 0 Å². The summed E-state index contributed by atoms with van der Waals surface area (Å²) in [5, 5.41) is 11.5. The van der Waals surface area contributed by atoms with Crippen LogP contribution in [0.4, 0.5) is 5.69 Å². The number of fused-ring (bicyclic) bond motifs is 1. The summed E-state index contributed by atoms with van der Waals surface area (Å²) in [6, 6.07) is 2.09. The Labute approximate surface area is 198 Å². The second-order valence-electron chi connectivity index (χ2n) is 7.49. The van der Waals surface area contributed by atoms with Crippen molar-refractivity contribution in [1.82, 2.24) is 4.98 Å². The van der Waals surface area contributed by atoms with E-state index in [9.17, 15) is 5.11 Å². The topological polar surface area (TPSA) is 48.4 Å². The minimum atomic E-state index is 0. The van der Waals surface area contributed by atoms with Crippen molar-refractivity contribution in [2.24, 2.45) is 4.99 Å². The number of nitrogens with one attached hydrogen (secondary N) is 1. The highest BCUT2D eigenvalue weighted by molar-refractivity contribution is 15.0. The van der Waals surface area contributed by atoms with Gasteiger partial charge in [0.15, 0.2) is 5.88 Å². The first-order chi connectivity index (χ1) is 13.1. The van der Waals surface area contributed by atoms with Crippen molar-refractivity contribution in [2.45, 2.75) is 62.8 Å². The van der Waals surface area contributed by atoms with Gasteiger partial charge in [0.05, 0.1) is 11.3 Å². The summed E-state index contributed by atoms with van der Waals surface area (Å²) < 4.78 is 0. The van der Waals surface area contributed by atoms with Crippen molar-refractivity contribution < 1.29 is 5.11 Å². The van der Waals surface area contributed by atoms with Gasteiger partial charge in [0.25, 0.3) is 0 Å². The molecule has 5 heteroatoms. The molecule has 0 aliphatic rings. The first-order valence-corrected chi connectivity index (χ1v) is 15.5. The summed E-state index contributed by atoms with van der Waals surface area (Å²) in [4.78, 5) is 7.91. The molecule has 0 fully saturated rings. The Morgan fingerprint density at radius 1 is 0.793 bits per heavy atom. The van der Waals surface area contributed by atoms with Crippen molar-refractivity contribution in [3.63, 3.8) is 0 Å². The summed E-state index contributed by atoms with van der Waals surface area (Å²) in [5.41, 5.74) is 12.7. The molecular formula is C24H32I2N2O. The lowest BCUT2D eigenvalue weighted by molar-refractivity contribution is 0.457. The first-order valence-electron chi connectivity index (χ1n) is 9.21. The zero-order valence-electron chi connectivity index (χ0n) is 17.8. The second-order valence-corrected chi connectivity index (χ2v) is 7.49. The van der Waals surface area contributed by atoms with E-state index in [4.69, 9.17) is 4.99 Å². The maximum absolute atomic E-state index is 10.5. The fourth-order valence-corrected chi connectivity index (χ4v) is 3.77. The van der Waals surface area contributed by atoms with Crippen LogP contribution in [-0.4, -0.2) is 16.3 Å². The van der Waals surface area contributed by atoms with Gasteiger partial charge in [0.2, 0.25) is 0 Å². The summed E-state index contributed by atoms with van der Waals surface area (Å²) in [6.45, 7) is 17.0. The van der Waals surface area contributed by atoms with Gasteiger partial charge in [0.1, 0.15) is 0 Å². The van der Waals surface area contributed by atoms with Gasteiger partial charge < -0.3 is 10.1 Å². The van der Waals surface area contributed by atoms with E-state index >= 15 is 0 Å². The SMILES string of the molecule is C.Cc1cc2[nH]c(O)c(C=Nc3c(C)c(C)c(C)c(C)c3C)c2c(C)c1C.II. The molecule has 0 radical (unpaired) electrons. The Morgan fingerprint density at radius 2 is 1.28 bits per heavy atom. The monoisotopic (exact) mass is 618 g/mol. The highest BCUT2D eigenvalue weighted by atomic mass is 128. The van der Waals surface area contributed by atoms with Crippen LogP contribution < -0.4 is 0 Å². The van der Waals surface area contributed by atoms with Gasteiger partial charge in [0, 0.05) is 54.3 Å². The van der Waals surface area contributed by atoms with Gasteiger partial charge in [-0.15, -0.1) is 0 Å². The number of aryl methyl sites for hydroxylation is 2. The maximum atomic E-state index is 10.5. The third kappa shape index (κ3) is 4.65. The number of aromatic nitrogens is 1. The summed E-state index contributed by atoms with van der Waals surface area (Å²) in [5.74, 6) is 0.174. The zero-order chi connectivity index (χ0) is 21.3. The van der Waals surface area contributed by atoms with Crippen LogP contribution in [0.1, 0.15) is 57.5 Å². The van der Waals surface area contributed by atoms with E-state index in [-0.39, 0.29) is 13.3 Å². The van der Waals surface area contributed by atoms with E-state index in [2.05, 4.69) is 104 Å². The molecular weight excluding hydrogens is 586 g/mol. The molecule has 3 nitrogen and oxygen atoms in total. The van der Waals surface area contributed by atoms with Crippen LogP contribution >= 0.6 is 37.2 Å². The smallest absolute Gasteiger partial charge is 0.198 e. The maximum Gasteiger partial charge on any atom is 0.198 e. The Bertz CT molecular complexity index is 1050. The largest absolute Gasteiger partial charge is 0.494 e. The number of benzene rings is 2. The molecule has 1 heterocycles. The lowest BCUT2D eigenvalue weighted by Crippen LogP contribution is -1.96. The molecule has 0 atom stereocenters. The highest BCUT2D eigenvalue weighted by Gasteiger charge is 2.15. The van der Waals surface area contributed by atoms with Gasteiger partial charge in [-0.1, -0.05) is 7.43 Å². The zero-order valence-corrected chi connectivity index (χ0v) is 22.1. The molecule has 0 amide bonds. The third-order valence-corrected chi connectivity index (χ3v) is 6.22. The van der Waals surface area contributed by atoms with E-state index in [1.165, 1.54) is 44.5 Å². The number of aromatic hydroxyl groups is 1. The molecule has 0 saturated carbocycles. The molecule has 0 aliphatic heterocycles. The minimum absolute atomic E-state index is 0. The van der Waals surface area contributed by atoms with Crippen molar-refractivity contribution in [3.05, 3.63) is 56.1 Å². The standard InChI is InChI=1S/C23H28N2O.CH4.I2/c1-11-9-20-21(16(6)12(11)2)19(23(26)25-20)10-24-22-17(7)14(4)13(3)15(5)18(22)8;;1-2/h9-10,25-26H,1-8H3;1H4;. The van der Waals surface area contributed by atoms with E-state index in [0.717, 1.165) is 22.2 Å². The van der Waals surface area contributed by atoms with Crippen molar-refractivity contribution in [3.8, 4) is 5.88 Å². The number of H-pyrrole nitrogens is 1. The molecule has 2 aromatic carbocycles. The van der Waals surface area contributed by atoms with Crippen LogP contribution in [0.5, 0.6) is 5.88 Å². The van der Waals surface area contributed by atoms with Crippen molar-refractivity contribution in [1.29, 1.82) is 0 Å². The Hall–Kier alpha value is -1.09. The van der Waals surface area contributed by atoms with E-state index in [0.29, 0.717) is 0 Å². The Balaban J connectivity index is 0.00000136. The molecule has 0 aliphatic carbocycles. The highest BCUT2D eigenvalue weighted by Crippen LogP contribution is 2.35. The predicted molar refractivity (Wildman–Crippen MR) is 146 cm³/mol. The molecule has 0 spiro atoms. The van der Waals surface area contributed by atoms with Crippen LogP contribution in [0.3, 0.4) is 0 Å². The number of hydrogen-bond donors (Lipinski definition) is 2. The molecule has 1 aromatic heterocycles. The average Bonchev–Trinajstić information content (AvgIpc) is 2.99. The summed E-state index contributed by atoms with van der Waals surface area (Å²) in [6.07, 6.45) is 1.81. The Kier molecular flexibility index (Phi) is 9.20. The molecule has 29 heavy (non-hydrogen) atoms. The fourth-order valence-electron chi connectivity index (χ4n) is 3.77. The minimum Gasteiger partial charge on any atom is -0.494 e. The van der Waals surface area contributed by atoms with E-state index in [1.807, 2.05) is 0 Å². The Morgan fingerprint density at radius 3 is 1.79 bits per heavy atom. The summed E-state index contributed by atoms with van der Waals surface area (Å²) >= 11 is 4.24. The summed E-state index contributed by atoms with van der Waals surface area (Å²) in [7, 11) is 0. The van der Waals surface area contributed by atoms with Crippen LogP contribution in [-0.2, 0) is 0 Å². The van der Waals surface area contributed by atoms with Crippen molar-refractivity contribution >= 4 is 60.0 Å². The van der Waals surface area contributed by atoms with Crippen LogP contribution in [0.25, 0.3) is 10.9 Å². The lowest BCUT2D eigenvalue weighted by atomic mass is 9.93. The van der Waals surface area contributed by atoms with Crippen molar-refractivity contribution in [2.75, 3.05) is 0 Å². The third-order valence-electron chi connectivity index (χ3n) is 6.22. The van der Waals surface area contributed by atoms with Gasteiger partial charge in [-0.05, 0) is 106 Å². The number of aliphatic imine (C=N–C) groups is 1. The molecule has 0 saturated heterocycles. The number of rotatable bonds is 2. The fraction of sp³-hybridized carbons (Fsp3) is 0.375. The normalized spacial score (nSPS) is 10.8. The molecule has 0 unspecified atom stereocenters. The van der Waals surface area contributed by atoms with E-state index < -0.39 is 0 Å². The number of nitrogens with zero attached hydrogens (tertiary/aromatic N) is 1. The number of halogens is 2. The van der Waals surface area contributed by atoms with Crippen LogP contribution in [0, 0.1) is 55.4 Å².